The largest absolute Gasteiger partial charge is 0.348 e. The molecule has 1 aliphatic heterocycles. The molecule has 1 aliphatic rings. The molecular formula is C23H20N4OS. The van der Waals surface area contributed by atoms with Gasteiger partial charge in [0.2, 0.25) is 0 Å². The monoisotopic (exact) mass is 400 g/mol. The molecule has 144 valence electrons. The minimum atomic E-state index is -0.0856. The van der Waals surface area contributed by atoms with E-state index in [-0.39, 0.29) is 5.91 Å². The molecule has 0 radical (unpaired) electrons. The molecule has 4 aromatic rings. The topological polar surface area (TPSA) is 58.1 Å². The summed E-state index contributed by atoms with van der Waals surface area (Å²) in [6.07, 6.45) is 4.52. The Balaban J connectivity index is 1.33. The van der Waals surface area contributed by atoms with Crippen LogP contribution in [-0.4, -0.2) is 22.4 Å². The van der Waals surface area contributed by atoms with Crippen LogP contribution >= 0.6 is 11.3 Å². The van der Waals surface area contributed by atoms with Crippen LogP contribution in [0.15, 0.2) is 67.0 Å². The fraction of sp³-hybridized carbons (Fsp3) is 0.174. The van der Waals surface area contributed by atoms with Gasteiger partial charge >= 0.3 is 0 Å². The van der Waals surface area contributed by atoms with E-state index >= 15 is 0 Å². The molecule has 5 nitrogen and oxygen atoms in total. The van der Waals surface area contributed by atoms with E-state index in [1.807, 2.05) is 30.3 Å². The number of carbonyl (C=O) groups is 1. The standard InChI is InChI=1S/C23H20N4OS/c28-22(25-14-16-4-3-10-24-13-16)18-7-8-20-21(12-18)29-23(26-20)27-11-9-17-5-1-2-6-19(17)15-27/h1-8,10,12-13H,9,11,14-15H2,(H,25,28). The Labute approximate surface area is 173 Å². The van der Waals surface area contributed by atoms with Gasteiger partial charge in [-0.25, -0.2) is 4.98 Å². The number of nitrogens with zero attached hydrogens (tertiary/aromatic N) is 3. The van der Waals surface area contributed by atoms with Gasteiger partial charge in [-0.05, 0) is 47.4 Å². The van der Waals surface area contributed by atoms with Gasteiger partial charge in [0.15, 0.2) is 5.13 Å². The van der Waals surface area contributed by atoms with Crippen molar-refractivity contribution in [3.8, 4) is 0 Å². The molecule has 3 heterocycles. The van der Waals surface area contributed by atoms with Crippen molar-refractivity contribution in [1.82, 2.24) is 15.3 Å². The van der Waals surface area contributed by atoms with E-state index in [9.17, 15) is 4.79 Å². The van der Waals surface area contributed by atoms with Gasteiger partial charge in [-0.1, -0.05) is 41.7 Å². The predicted octanol–water partition coefficient (Wildman–Crippen LogP) is 4.18. The lowest BCUT2D eigenvalue weighted by molar-refractivity contribution is 0.0951. The Morgan fingerprint density at radius 3 is 2.86 bits per heavy atom. The van der Waals surface area contributed by atoms with Crippen molar-refractivity contribution in [1.29, 1.82) is 0 Å². The van der Waals surface area contributed by atoms with E-state index in [1.165, 1.54) is 11.1 Å². The first-order valence-corrected chi connectivity index (χ1v) is 10.5. The normalized spacial score (nSPS) is 13.3. The zero-order chi connectivity index (χ0) is 19.6. The highest BCUT2D eigenvalue weighted by Crippen LogP contribution is 2.32. The van der Waals surface area contributed by atoms with E-state index in [0.717, 1.165) is 40.4 Å². The number of nitrogens with one attached hydrogen (secondary N) is 1. The second kappa shape index (κ2) is 7.64. The summed E-state index contributed by atoms with van der Waals surface area (Å²) in [6, 6.07) is 18.1. The van der Waals surface area contributed by atoms with Crippen LogP contribution in [0.25, 0.3) is 10.2 Å². The van der Waals surface area contributed by atoms with Crippen LogP contribution < -0.4 is 10.2 Å². The molecule has 0 spiro atoms. The van der Waals surface area contributed by atoms with Gasteiger partial charge in [0.25, 0.3) is 5.91 Å². The van der Waals surface area contributed by atoms with E-state index in [2.05, 4.69) is 39.5 Å². The Morgan fingerprint density at radius 2 is 2.00 bits per heavy atom. The van der Waals surface area contributed by atoms with Crippen molar-refractivity contribution in [2.75, 3.05) is 11.4 Å². The average Bonchev–Trinajstić information content (AvgIpc) is 3.21. The molecule has 0 saturated carbocycles. The van der Waals surface area contributed by atoms with Crippen LogP contribution in [0.2, 0.25) is 0 Å². The Bertz CT molecular complexity index is 1170. The SMILES string of the molecule is O=C(NCc1cccnc1)c1ccc2nc(N3CCc4ccccc4C3)sc2c1. The summed E-state index contributed by atoms with van der Waals surface area (Å²) in [4.78, 5) is 23.8. The van der Waals surface area contributed by atoms with E-state index in [0.29, 0.717) is 12.1 Å². The summed E-state index contributed by atoms with van der Waals surface area (Å²) < 4.78 is 1.04. The van der Waals surface area contributed by atoms with Crippen LogP contribution in [0, 0.1) is 0 Å². The van der Waals surface area contributed by atoms with Gasteiger partial charge < -0.3 is 10.2 Å². The van der Waals surface area contributed by atoms with E-state index in [1.54, 1.807) is 23.7 Å². The summed E-state index contributed by atoms with van der Waals surface area (Å²) >= 11 is 1.65. The fourth-order valence-electron chi connectivity index (χ4n) is 3.64. The van der Waals surface area contributed by atoms with Crippen molar-refractivity contribution >= 4 is 32.6 Å². The summed E-state index contributed by atoms with van der Waals surface area (Å²) in [7, 11) is 0. The minimum absolute atomic E-state index is 0.0856. The van der Waals surface area contributed by atoms with Crippen molar-refractivity contribution < 1.29 is 4.79 Å². The van der Waals surface area contributed by atoms with Crippen molar-refractivity contribution in [2.45, 2.75) is 19.5 Å². The number of hydrogen-bond acceptors (Lipinski definition) is 5. The van der Waals surface area contributed by atoms with Gasteiger partial charge in [0, 0.05) is 37.6 Å². The molecule has 29 heavy (non-hydrogen) atoms. The number of anilines is 1. The molecule has 0 unspecified atom stereocenters. The van der Waals surface area contributed by atoms with Crippen molar-refractivity contribution in [2.24, 2.45) is 0 Å². The molecule has 5 rings (SSSR count). The van der Waals surface area contributed by atoms with Crippen molar-refractivity contribution in [3.63, 3.8) is 0 Å². The van der Waals surface area contributed by atoms with Gasteiger partial charge in [-0.3, -0.25) is 9.78 Å². The second-order valence-electron chi connectivity index (χ2n) is 7.16. The number of aromatic nitrogens is 2. The lowest BCUT2D eigenvalue weighted by Gasteiger charge is -2.28. The lowest BCUT2D eigenvalue weighted by atomic mass is 10.0. The van der Waals surface area contributed by atoms with Crippen LogP contribution in [0.3, 0.4) is 0 Å². The molecule has 1 N–H and O–H groups in total. The van der Waals surface area contributed by atoms with E-state index < -0.39 is 0 Å². The highest BCUT2D eigenvalue weighted by molar-refractivity contribution is 7.22. The number of pyridine rings is 1. The molecule has 2 aromatic carbocycles. The first-order chi connectivity index (χ1) is 14.3. The molecule has 0 fully saturated rings. The summed E-state index contributed by atoms with van der Waals surface area (Å²) in [5.41, 5.74) is 5.37. The maximum atomic E-state index is 12.5. The Kier molecular flexibility index (Phi) is 4.69. The summed E-state index contributed by atoms with van der Waals surface area (Å²) in [5.74, 6) is -0.0856. The summed E-state index contributed by atoms with van der Waals surface area (Å²) in [5, 5.41) is 3.97. The van der Waals surface area contributed by atoms with Crippen LogP contribution in [0.4, 0.5) is 5.13 Å². The number of hydrogen-bond donors (Lipinski definition) is 1. The minimum Gasteiger partial charge on any atom is -0.348 e. The molecule has 6 heteroatoms. The summed E-state index contributed by atoms with van der Waals surface area (Å²) in [6.45, 7) is 2.32. The molecule has 1 amide bonds. The number of carbonyl (C=O) groups excluding carboxylic acids is 1. The first kappa shape index (κ1) is 17.8. The molecule has 0 aliphatic carbocycles. The maximum absolute atomic E-state index is 12.5. The molecule has 0 atom stereocenters. The van der Waals surface area contributed by atoms with Gasteiger partial charge in [-0.2, -0.15) is 0 Å². The Hall–Kier alpha value is -3.25. The third-order valence-electron chi connectivity index (χ3n) is 5.22. The molecular weight excluding hydrogens is 380 g/mol. The van der Waals surface area contributed by atoms with Gasteiger partial charge in [0.05, 0.1) is 10.2 Å². The van der Waals surface area contributed by atoms with Crippen LogP contribution in [0.5, 0.6) is 0 Å². The first-order valence-electron chi connectivity index (χ1n) is 9.66. The smallest absolute Gasteiger partial charge is 0.251 e. The number of amides is 1. The third kappa shape index (κ3) is 3.71. The number of rotatable bonds is 4. The lowest BCUT2D eigenvalue weighted by Crippen LogP contribution is -2.30. The average molecular weight is 401 g/mol. The fourth-order valence-corrected chi connectivity index (χ4v) is 4.66. The highest BCUT2D eigenvalue weighted by Gasteiger charge is 2.19. The van der Waals surface area contributed by atoms with Gasteiger partial charge in [0.1, 0.15) is 0 Å². The van der Waals surface area contributed by atoms with Crippen molar-refractivity contribution in [3.05, 3.63) is 89.2 Å². The maximum Gasteiger partial charge on any atom is 0.251 e. The zero-order valence-corrected chi connectivity index (χ0v) is 16.7. The van der Waals surface area contributed by atoms with Crippen LogP contribution in [-0.2, 0) is 19.5 Å². The third-order valence-corrected chi connectivity index (χ3v) is 6.30. The molecule has 0 bridgehead atoms. The second-order valence-corrected chi connectivity index (χ2v) is 8.17. The zero-order valence-electron chi connectivity index (χ0n) is 15.8. The highest BCUT2D eigenvalue weighted by atomic mass is 32.1. The number of benzene rings is 2. The quantitative estimate of drug-likeness (QED) is 0.558. The van der Waals surface area contributed by atoms with E-state index in [4.69, 9.17) is 4.98 Å². The number of fused-ring (bicyclic) bond motifs is 2. The predicted molar refractivity (Wildman–Crippen MR) is 116 cm³/mol. The Morgan fingerprint density at radius 1 is 1.10 bits per heavy atom. The van der Waals surface area contributed by atoms with Crippen LogP contribution in [0.1, 0.15) is 27.0 Å². The van der Waals surface area contributed by atoms with Gasteiger partial charge in [-0.15, -0.1) is 0 Å². The molecule has 0 saturated heterocycles. The number of thiazole rings is 1. The molecule has 2 aromatic heterocycles.